The van der Waals surface area contributed by atoms with E-state index in [-0.39, 0.29) is 11.9 Å². The number of carbonyl (C=O) groups excluding carboxylic acids is 2. The highest BCUT2D eigenvalue weighted by atomic mass is 16.5. The number of methoxy groups -OCH3 is 1. The maximum Gasteiger partial charge on any atom is 0.317 e. The zero-order valence-corrected chi connectivity index (χ0v) is 15.3. The van der Waals surface area contributed by atoms with Gasteiger partial charge in [0.25, 0.3) is 0 Å². The molecule has 1 spiro atoms. The average molecular weight is 365 g/mol. The monoisotopic (exact) mass is 365 g/mol. The van der Waals surface area contributed by atoms with Gasteiger partial charge in [0.2, 0.25) is 5.91 Å². The molecule has 0 aromatic heterocycles. The number of ether oxygens (including phenoxy) is 1. The number of hydrogen-bond donors (Lipinski definition) is 2. The summed E-state index contributed by atoms with van der Waals surface area (Å²) in [6.07, 6.45) is 1.40. The lowest BCUT2D eigenvalue weighted by molar-refractivity contribution is -0.120. The van der Waals surface area contributed by atoms with Crippen molar-refractivity contribution in [3.8, 4) is 5.75 Å². The molecule has 0 aliphatic carbocycles. The average Bonchev–Trinajstić information content (AvgIpc) is 3.26. The van der Waals surface area contributed by atoms with Gasteiger partial charge in [-0.2, -0.15) is 0 Å². The maximum absolute atomic E-state index is 12.7. The Hall–Kier alpha value is -3.02. The van der Waals surface area contributed by atoms with Gasteiger partial charge in [0, 0.05) is 25.3 Å². The number of amides is 3. The van der Waals surface area contributed by atoms with Gasteiger partial charge >= 0.3 is 6.03 Å². The molecule has 2 N–H and O–H groups in total. The predicted octanol–water partition coefficient (Wildman–Crippen LogP) is 2.54. The van der Waals surface area contributed by atoms with Crippen molar-refractivity contribution in [3.63, 3.8) is 0 Å². The molecule has 0 unspecified atom stereocenters. The molecule has 2 aromatic rings. The van der Waals surface area contributed by atoms with E-state index in [1.165, 1.54) is 5.56 Å². The molecule has 2 heterocycles. The van der Waals surface area contributed by atoms with Gasteiger partial charge in [-0.05, 0) is 42.2 Å². The van der Waals surface area contributed by atoms with Gasteiger partial charge < -0.3 is 20.3 Å². The fourth-order valence-corrected chi connectivity index (χ4v) is 3.98. The van der Waals surface area contributed by atoms with Crippen LogP contribution in [-0.4, -0.2) is 43.6 Å². The summed E-state index contributed by atoms with van der Waals surface area (Å²) in [6, 6.07) is 15.5. The number of anilines is 1. The van der Waals surface area contributed by atoms with Crippen LogP contribution < -0.4 is 15.4 Å². The van der Waals surface area contributed by atoms with Crippen molar-refractivity contribution in [2.45, 2.75) is 18.3 Å². The predicted molar refractivity (Wildman–Crippen MR) is 103 cm³/mol. The number of benzene rings is 2. The largest absolute Gasteiger partial charge is 0.497 e. The third kappa shape index (κ3) is 3.12. The van der Waals surface area contributed by atoms with Crippen LogP contribution in [0.1, 0.15) is 17.5 Å². The van der Waals surface area contributed by atoms with Crippen LogP contribution >= 0.6 is 0 Å². The number of nitrogens with zero attached hydrogens (tertiary/aromatic N) is 1. The van der Waals surface area contributed by atoms with E-state index in [4.69, 9.17) is 4.74 Å². The number of hydrogen-bond acceptors (Lipinski definition) is 3. The lowest BCUT2D eigenvalue weighted by atomic mass is 9.81. The van der Waals surface area contributed by atoms with Gasteiger partial charge in [0.15, 0.2) is 0 Å². The minimum absolute atomic E-state index is 0.0367. The number of fused-ring (bicyclic) bond motifs is 2. The number of carbonyl (C=O) groups is 2. The highest BCUT2D eigenvalue weighted by molar-refractivity contribution is 6.07. The molecule has 1 fully saturated rings. The van der Waals surface area contributed by atoms with Crippen molar-refractivity contribution in [1.29, 1.82) is 0 Å². The Bertz CT molecular complexity index is 868. The molecule has 6 heteroatoms. The molecule has 140 valence electrons. The second kappa shape index (κ2) is 6.95. The number of nitrogens with one attached hydrogen (secondary N) is 2. The Kier molecular flexibility index (Phi) is 4.48. The van der Waals surface area contributed by atoms with Gasteiger partial charge in [-0.25, -0.2) is 4.79 Å². The van der Waals surface area contributed by atoms with Crippen LogP contribution in [0.3, 0.4) is 0 Å². The molecule has 2 aromatic carbocycles. The van der Waals surface area contributed by atoms with E-state index in [2.05, 4.69) is 10.6 Å². The first-order chi connectivity index (χ1) is 13.1. The van der Waals surface area contributed by atoms with Crippen molar-refractivity contribution in [1.82, 2.24) is 10.2 Å². The van der Waals surface area contributed by atoms with E-state index in [0.717, 1.165) is 23.4 Å². The summed E-state index contributed by atoms with van der Waals surface area (Å²) in [7, 11) is 1.61. The summed E-state index contributed by atoms with van der Waals surface area (Å²) in [5.41, 5.74) is 2.24. The van der Waals surface area contributed by atoms with Crippen LogP contribution in [0.4, 0.5) is 10.5 Å². The summed E-state index contributed by atoms with van der Waals surface area (Å²) >= 11 is 0. The third-order valence-electron chi connectivity index (χ3n) is 5.51. The molecule has 0 saturated carbocycles. The highest BCUT2D eigenvalue weighted by Gasteiger charge is 2.52. The van der Waals surface area contributed by atoms with E-state index >= 15 is 0 Å². The summed E-state index contributed by atoms with van der Waals surface area (Å²) in [5, 5.41) is 5.92. The van der Waals surface area contributed by atoms with Gasteiger partial charge in [0.1, 0.15) is 5.75 Å². The number of rotatable bonds is 4. The molecule has 27 heavy (non-hydrogen) atoms. The molecule has 1 atom stereocenters. The lowest BCUT2D eigenvalue weighted by Crippen LogP contribution is -2.43. The van der Waals surface area contributed by atoms with E-state index in [0.29, 0.717) is 26.1 Å². The zero-order valence-electron chi connectivity index (χ0n) is 15.3. The standard InChI is InChI=1S/C21H23N3O3/c1-27-16-7-8-18-17(13-16)21(19(25)23-18)10-12-24(14-21)20(26)22-11-9-15-5-3-2-4-6-15/h2-8,13H,9-12,14H2,1H3,(H,22,26)(H,23,25)/t21-/m0/s1. The van der Waals surface area contributed by atoms with Gasteiger partial charge in [0.05, 0.1) is 12.5 Å². The van der Waals surface area contributed by atoms with Crippen LogP contribution in [0.15, 0.2) is 48.5 Å². The summed E-state index contributed by atoms with van der Waals surface area (Å²) in [4.78, 5) is 27.0. The molecule has 2 aliphatic rings. The Morgan fingerprint density at radius 2 is 2.07 bits per heavy atom. The van der Waals surface area contributed by atoms with Crippen LogP contribution in [0.2, 0.25) is 0 Å². The molecule has 4 rings (SSSR count). The molecule has 0 bridgehead atoms. The van der Waals surface area contributed by atoms with Crippen molar-refractivity contribution < 1.29 is 14.3 Å². The highest BCUT2D eigenvalue weighted by Crippen LogP contribution is 2.45. The Labute approximate surface area is 158 Å². The number of likely N-dealkylation sites (tertiary alicyclic amines) is 1. The summed E-state index contributed by atoms with van der Waals surface area (Å²) in [6.45, 7) is 1.51. The first kappa shape index (κ1) is 17.4. The van der Waals surface area contributed by atoms with E-state index in [1.807, 2.05) is 48.5 Å². The van der Waals surface area contributed by atoms with Crippen LogP contribution in [0.5, 0.6) is 5.75 Å². The molecule has 6 nitrogen and oxygen atoms in total. The van der Waals surface area contributed by atoms with Gasteiger partial charge in [-0.1, -0.05) is 30.3 Å². The molecule has 1 saturated heterocycles. The first-order valence-corrected chi connectivity index (χ1v) is 9.19. The van der Waals surface area contributed by atoms with Crippen molar-refractivity contribution in [2.24, 2.45) is 0 Å². The van der Waals surface area contributed by atoms with Gasteiger partial charge in [-0.15, -0.1) is 0 Å². The maximum atomic E-state index is 12.7. The van der Waals surface area contributed by atoms with Crippen molar-refractivity contribution in [2.75, 3.05) is 32.1 Å². The fraction of sp³-hybridized carbons (Fsp3) is 0.333. The normalized spacial score (nSPS) is 20.5. The first-order valence-electron chi connectivity index (χ1n) is 9.19. The van der Waals surface area contributed by atoms with E-state index in [9.17, 15) is 9.59 Å². The van der Waals surface area contributed by atoms with Crippen LogP contribution in [0.25, 0.3) is 0 Å². The Morgan fingerprint density at radius 3 is 2.85 bits per heavy atom. The second-order valence-corrected chi connectivity index (χ2v) is 7.09. The summed E-state index contributed by atoms with van der Waals surface area (Å²) in [5.74, 6) is 0.681. The summed E-state index contributed by atoms with van der Waals surface area (Å²) < 4.78 is 5.31. The van der Waals surface area contributed by atoms with Crippen molar-refractivity contribution >= 4 is 17.6 Å². The van der Waals surface area contributed by atoms with E-state index in [1.54, 1.807) is 12.0 Å². The van der Waals surface area contributed by atoms with Gasteiger partial charge in [-0.3, -0.25) is 4.79 Å². The zero-order chi connectivity index (χ0) is 18.9. The fourth-order valence-electron chi connectivity index (χ4n) is 3.98. The van der Waals surface area contributed by atoms with Crippen LogP contribution in [-0.2, 0) is 16.6 Å². The third-order valence-corrected chi connectivity index (χ3v) is 5.51. The topological polar surface area (TPSA) is 70.7 Å². The molecule has 3 amide bonds. The van der Waals surface area contributed by atoms with Crippen LogP contribution in [0, 0.1) is 0 Å². The van der Waals surface area contributed by atoms with E-state index < -0.39 is 5.41 Å². The molecular formula is C21H23N3O3. The minimum atomic E-state index is -0.680. The molecule has 0 radical (unpaired) electrons. The lowest BCUT2D eigenvalue weighted by Gasteiger charge is -2.23. The quantitative estimate of drug-likeness (QED) is 0.875. The molecule has 2 aliphatic heterocycles. The molecular weight excluding hydrogens is 342 g/mol. The minimum Gasteiger partial charge on any atom is -0.497 e. The van der Waals surface area contributed by atoms with Crippen molar-refractivity contribution in [3.05, 3.63) is 59.7 Å². The second-order valence-electron chi connectivity index (χ2n) is 7.09. The smallest absolute Gasteiger partial charge is 0.317 e. The Balaban J connectivity index is 1.42. The number of urea groups is 1. The SMILES string of the molecule is COc1ccc2c(c1)[C@@]1(CCN(C(=O)NCCc3ccccc3)C1)C(=O)N2. The Morgan fingerprint density at radius 1 is 1.26 bits per heavy atom.